The van der Waals surface area contributed by atoms with E-state index in [2.05, 4.69) is 4.74 Å². The highest BCUT2D eigenvalue weighted by molar-refractivity contribution is 6.44. The fraction of sp³-hybridized carbons (Fsp3) is 0.125. The minimum absolute atomic E-state index is 0.00196. The number of esters is 1. The summed E-state index contributed by atoms with van der Waals surface area (Å²) in [5, 5.41) is -0.172. The molecule has 0 saturated carbocycles. The highest BCUT2D eigenvalue weighted by atomic mass is 35.5. The van der Waals surface area contributed by atoms with E-state index >= 15 is 0 Å². The number of nitrogens with two attached hydrogens (primary N) is 1. The summed E-state index contributed by atoms with van der Waals surface area (Å²) in [7, 11) is 0. The van der Waals surface area contributed by atoms with Crippen molar-refractivity contribution in [2.45, 2.75) is 6.61 Å². The van der Waals surface area contributed by atoms with Gasteiger partial charge in [-0.05, 0) is 12.1 Å². The number of rotatable bonds is 2. The van der Waals surface area contributed by atoms with Gasteiger partial charge in [0, 0.05) is 5.69 Å². The molecule has 0 spiro atoms. The molecule has 0 aliphatic carbocycles. The third kappa shape index (κ3) is 2.94. The molecule has 1 aromatic carbocycles. The Bertz CT molecular complexity index is 398. The maximum Gasteiger partial charge on any atom is 0.389 e. The van der Waals surface area contributed by atoms with E-state index in [-0.39, 0.29) is 21.3 Å². The van der Waals surface area contributed by atoms with E-state index in [9.17, 15) is 13.6 Å². The zero-order chi connectivity index (χ0) is 11.6. The van der Waals surface area contributed by atoms with Crippen molar-refractivity contribution in [3.05, 3.63) is 27.7 Å². The average Bonchev–Trinajstić information content (AvgIpc) is 2.09. The lowest BCUT2D eigenvalue weighted by molar-refractivity contribution is -0.0906. The van der Waals surface area contributed by atoms with Crippen LogP contribution in [0, 0.1) is 0 Å². The molecule has 0 radical (unpaired) electrons. The maximum absolute atomic E-state index is 11.8. The first-order chi connectivity index (χ1) is 6.91. The number of ether oxygens (including phenoxy) is 1. The number of hydrogen-bond acceptors (Lipinski definition) is 3. The fourth-order valence-corrected chi connectivity index (χ4v) is 1.32. The Balaban J connectivity index is 3.08. The predicted molar refractivity (Wildman–Crippen MR) is 52.3 cm³/mol. The van der Waals surface area contributed by atoms with Crippen molar-refractivity contribution in [2.75, 3.05) is 5.73 Å². The summed E-state index contributed by atoms with van der Waals surface area (Å²) < 4.78 is 27.2. The molecule has 82 valence electrons. The highest BCUT2D eigenvalue weighted by Gasteiger charge is 2.18. The number of alkyl halides is 2. The van der Waals surface area contributed by atoms with Gasteiger partial charge in [-0.3, -0.25) is 0 Å². The van der Waals surface area contributed by atoms with E-state index in [1.165, 1.54) is 6.07 Å². The van der Waals surface area contributed by atoms with Gasteiger partial charge in [0.15, 0.2) is 0 Å². The molecule has 0 aliphatic heterocycles. The molecule has 3 nitrogen and oxygen atoms in total. The Morgan fingerprint density at radius 1 is 1.40 bits per heavy atom. The smallest absolute Gasteiger partial charge is 0.389 e. The number of nitrogen functional groups attached to an aromatic ring is 1. The molecule has 2 N–H and O–H groups in total. The van der Waals surface area contributed by atoms with Crippen molar-refractivity contribution in [2.24, 2.45) is 0 Å². The normalized spacial score (nSPS) is 10.5. The van der Waals surface area contributed by atoms with E-state index in [4.69, 9.17) is 28.9 Å². The molecule has 0 heterocycles. The van der Waals surface area contributed by atoms with Gasteiger partial charge in [0.2, 0.25) is 0 Å². The van der Waals surface area contributed by atoms with E-state index in [1.807, 2.05) is 0 Å². The second kappa shape index (κ2) is 4.63. The summed E-state index contributed by atoms with van der Waals surface area (Å²) in [5.41, 5.74) is 5.20. The third-order valence-electron chi connectivity index (χ3n) is 1.47. The Labute approximate surface area is 93.7 Å². The molecule has 1 rings (SSSR count). The molecule has 1 aromatic rings. The lowest BCUT2D eigenvalue weighted by atomic mass is 10.2. The topological polar surface area (TPSA) is 52.3 Å². The highest BCUT2D eigenvalue weighted by Crippen LogP contribution is 2.29. The van der Waals surface area contributed by atoms with Crippen LogP contribution in [-0.2, 0) is 4.74 Å². The van der Waals surface area contributed by atoms with Gasteiger partial charge in [0.05, 0.1) is 15.6 Å². The van der Waals surface area contributed by atoms with Gasteiger partial charge in [-0.15, -0.1) is 0 Å². The van der Waals surface area contributed by atoms with Gasteiger partial charge in [0.1, 0.15) is 0 Å². The first-order valence-electron chi connectivity index (χ1n) is 3.65. The molecule has 0 atom stereocenters. The minimum Gasteiger partial charge on any atom is -0.399 e. The maximum atomic E-state index is 11.8. The second-order valence-corrected chi connectivity index (χ2v) is 3.32. The van der Waals surface area contributed by atoms with Crippen LogP contribution in [0.5, 0.6) is 0 Å². The van der Waals surface area contributed by atoms with Crippen LogP contribution in [0.2, 0.25) is 10.0 Å². The summed E-state index contributed by atoms with van der Waals surface area (Å²) >= 11 is 11.2. The van der Waals surface area contributed by atoms with Crippen LogP contribution in [0.15, 0.2) is 12.1 Å². The summed E-state index contributed by atoms with van der Waals surface area (Å²) in [6.45, 7) is -3.21. The molecule has 0 aromatic heterocycles. The van der Waals surface area contributed by atoms with Crippen LogP contribution in [-0.4, -0.2) is 12.6 Å². The number of carbonyl (C=O) groups is 1. The van der Waals surface area contributed by atoms with Crippen LogP contribution in [0.25, 0.3) is 0 Å². The largest absolute Gasteiger partial charge is 0.399 e. The summed E-state index contributed by atoms with van der Waals surface area (Å²) in [5.74, 6) is -1.27. The standard InChI is InChI=1S/C8H5Cl2F2NO2/c9-5-2-3(13)1-4(6(5)10)7(14)15-8(11)12/h1-2,8H,13H2. The molecular formula is C8H5Cl2F2NO2. The summed E-state index contributed by atoms with van der Waals surface area (Å²) in [6, 6.07) is 2.40. The Morgan fingerprint density at radius 3 is 2.53 bits per heavy atom. The predicted octanol–water partition coefficient (Wildman–Crippen LogP) is 2.96. The number of carbonyl (C=O) groups excluding carboxylic acids is 1. The molecule has 7 heteroatoms. The van der Waals surface area contributed by atoms with Gasteiger partial charge >= 0.3 is 12.6 Å². The first-order valence-corrected chi connectivity index (χ1v) is 4.41. The zero-order valence-corrected chi connectivity index (χ0v) is 8.65. The van der Waals surface area contributed by atoms with Crippen molar-refractivity contribution >= 4 is 34.9 Å². The minimum atomic E-state index is -3.21. The molecule has 15 heavy (non-hydrogen) atoms. The van der Waals surface area contributed by atoms with Crippen molar-refractivity contribution in [3.8, 4) is 0 Å². The van der Waals surface area contributed by atoms with Crippen molar-refractivity contribution < 1.29 is 18.3 Å². The Morgan fingerprint density at radius 2 is 2.00 bits per heavy atom. The van der Waals surface area contributed by atoms with Crippen LogP contribution in [0.3, 0.4) is 0 Å². The number of halogens is 4. The molecule has 0 bridgehead atoms. The van der Waals surface area contributed by atoms with Gasteiger partial charge in [0.25, 0.3) is 0 Å². The van der Waals surface area contributed by atoms with Crippen molar-refractivity contribution in [1.29, 1.82) is 0 Å². The van der Waals surface area contributed by atoms with Crippen molar-refractivity contribution in [3.63, 3.8) is 0 Å². The number of anilines is 1. The Kier molecular flexibility index (Phi) is 3.71. The van der Waals surface area contributed by atoms with E-state index in [0.29, 0.717) is 0 Å². The first kappa shape index (κ1) is 12.0. The second-order valence-electron chi connectivity index (χ2n) is 2.53. The van der Waals surface area contributed by atoms with Crippen LogP contribution in [0.1, 0.15) is 10.4 Å². The molecule has 0 unspecified atom stereocenters. The van der Waals surface area contributed by atoms with Gasteiger partial charge < -0.3 is 10.5 Å². The van der Waals surface area contributed by atoms with E-state index in [1.54, 1.807) is 0 Å². The molecular weight excluding hydrogens is 251 g/mol. The lowest BCUT2D eigenvalue weighted by Gasteiger charge is -2.07. The van der Waals surface area contributed by atoms with Gasteiger partial charge in [-0.25, -0.2) is 4.79 Å². The lowest BCUT2D eigenvalue weighted by Crippen LogP contribution is -2.10. The summed E-state index contributed by atoms with van der Waals surface area (Å²) in [4.78, 5) is 11.1. The molecule has 0 fully saturated rings. The zero-order valence-electron chi connectivity index (χ0n) is 7.14. The average molecular weight is 256 g/mol. The third-order valence-corrected chi connectivity index (χ3v) is 2.27. The number of hydrogen-bond donors (Lipinski definition) is 1. The molecule has 0 aliphatic rings. The van der Waals surface area contributed by atoms with Crippen LogP contribution < -0.4 is 5.73 Å². The van der Waals surface area contributed by atoms with Gasteiger partial charge in [-0.1, -0.05) is 23.2 Å². The number of benzene rings is 1. The van der Waals surface area contributed by atoms with Crippen LogP contribution >= 0.6 is 23.2 Å². The molecule has 0 saturated heterocycles. The van der Waals surface area contributed by atoms with E-state index in [0.717, 1.165) is 6.07 Å². The van der Waals surface area contributed by atoms with Crippen molar-refractivity contribution in [1.82, 2.24) is 0 Å². The summed E-state index contributed by atoms with van der Waals surface area (Å²) in [6.07, 6.45) is 0. The molecule has 0 amide bonds. The Hall–Kier alpha value is -1.07. The van der Waals surface area contributed by atoms with Gasteiger partial charge in [-0.2, -0.15) is 8.78 Å². The monoisotopic (exact) mass is 255 g/mol. The SMILES string of the molecule is Nc1cc(Cl)c(Cl)c(C(=O)OC(F)F)c1. The fourth-order valence-electron chi connectivity index (χ4n) is 0.903. The quantitative estimate of drug-likeness (QED) is 0.653. The van der Waals surface area contributed by atoms with E-state index < -0.39 is 12.6 Å². The van der Waals surface area contributed by atoms with Crippen LogP contribution in [0.4, 0.5) is 14.5 Å².